The Balaban J connectivity index is 1.54. The van der Waals surface area contributed by atoms with Gasteiger partial charge in [0.2, 0.25) is 0 Å². The number of hydrogen-bond acceptors (Lipinski definition) is 1. The molecule has 3 aliphatic rings. The van der Waals surface area contributed by atoms with E-state index in [0.29, 0.717) is 28.7 Å². The highest BCUT2D eigenvalue weighted by atomic mass is 19.1. The molecule has 24 heavy (non-hydrogen) atoms. The van der Waals surface area contributed by atoms with Crippen molar-refractivity contribution >= 4 is 16.8 Å². The monoisotopic (exact) mass is 332 g/mol. The predicted octanol–water partition coefficient (Wildman–Crippen LogP) is 4.25. The van der Waals surface area contributed by atoms with Crippen LogP contribution in [0.3, 0.4) is 0 Å². The van der Waals surface area contributed by atoms with Crippen molar-refractivity contribution < 1.29 is 13.6 Å². The summed E-state index contributed by atoms with van der Waals surface area (Å²) in [5, 5.41) is 3.33. The fourth-order valence-corrected chi connectivity index (χ4v) is 4.87. The van der Waals surface area contributed by atoms with Gasteiger partial charge in [0.05, 0.1) is 5.52 Å². The molecule has 0 aliphatic heterocycles. The van der Waals surface area contributed by atoms with E-state index in [-0.39, 0.29) is 23.0 Å². The lowest BCUT2D eigenvalue weighted by atomic mass is 9.45. The molecule has 1 heterocycles. The van der Waals surface area contributed by atoms with Crippen molar-refractivity contribution in [3.63, 3.8) is 0 Å². The number of amides is 1. The summed E-state index contributed by atoms with van der Waals surface area (Å²) in [6.07, 6.45) is 2.23. The van der Waals surface area contributed by atoms with Crippen LogP contribution in [0.25, 0.3) is 10.9 Å². The van der Waals surface area contributed by atoms with Crippen LogP contribution in [-0.2, 0) is 0 Å². The van der Waals surface area contributed by atoms with E-state index in [0.717, 1.165) is 12.5 Å². The van der Waals surface area contributed by atoms with Crippen molar-refractivity contribution in [3.8, 4) is 0 Å². The van der Waals surface area contributed by atoms with Crippen molar-refractivity contribution in [3.05, 3.63) is 35.5 Å². The zero-order chi connectivity index (χ0) is 17.2. The summed E-state index contributed by atoms with van der Waals surface area (Å²) < 4.78 is 27.1. The molecule has 128 valence electrons. The normalized spacial score (nSPS) is 30.9. The molecule has 3 aliphatic carbocycles. The molecule has 0 saturated heterocycles. The number of hydrogen-bond donors (Lipinski definition) is 2. The number of carbonyl (C=O) groups excluding carboxylic acids is 1. The van der Waals surface area contributed by atoms with Crippen LogP contribution in [0.2, 0.25) is 0 Å². The average Bonchev–Trinajstić information content (AvgIpc) is 2.93. The largest absolute Gasteiger partial charge is 0.350 e. The minimum Gasteiger partial charge on any atom is -0.350 e. The maximum absolute atomic E-state index is 13.8. The van der Waals surface area contributed by atoms with E-state index < -0.39 is 11.6 Å². The van der Waals surface area contributed by atoms with Gasteiger partial charge in [-0.15, -0.1) is 0 Å². The van der Waals surface area contributed by atoms with Gasteiger partial charge in [0.15, 0.2) is 0 Å². The highest BCUT2D eigenvalue weighted by Gasteiger charge is 2.56. The standard InChI is InChI=1S/C19H22F2N2O/c1-9-13-4-10(19(13,2)3)5-15(9)23-18(24)17-8-12-14(21)6-11(20)7-16(12)22-17/h6-10,13,15,22H,4-5H2,1-3H3,(H,23,24)/t9-,10?,13-,15-/m1/s1. The van der Waals surface area contributed by atoms with Crippen LogP contribution in [0, 0.1) is 34.8 Å². The molecule has 5 heteroatoms. The molecule has 1 aromatic carbocycles. The Morgan fingerprint density at radius 2 is 2.00 bits per heavy atom. The van der Waals surface area contributed by atoms with Crippen molar-refractivity contribution in [1.29, 1.82) is 0 Å². The summed E-state index contributed by atoms with van der Waals surface area (Å²) in [5.41, 5.74) is 0.945. The highest BCUT2D eigenvalue weighted by molar-refractivity contribution is 5.98. The van der Waals surface area contributed by atoms with Crippen LogP contribution < -0.4 is 5.32 Å². The third-order valence-electron chi connectivity index (χ3n) is 6.57. The Morgan fingerprint density at radius 1 is 1.25 bits per heavy atom. The van der Waals surface area contributed by atoms with Gasteiger partial charge in [0.25, 0.3) is 5.91 Å². The van der Waals surface area contributed by atoms with Crippen LogP contribution >= 0.6 is 0 Å². The van der Waals surface area contributed by atoms with E-state index in [1.165, 1.54) is 18.6 Å². The SMILES string of the molecule is C[C@@H]1[C@H]2CC(C[C@H]1NC(=O)c1cc3c(F)cc(F)cc3[nH]1)C2(C)C. The Kier molecular flexibility index (Phi) is 3.28. The quantitative estimate of drug-likeness (QED) is 0.848. The molecule has 1 aromatic heterocycles. The first-order chi connectivity index (χ1) is 11.3. The van der Waals surface area contributed by atoms with Gasteiger partial charge in [-0.3, -0.25) is 4.79 Å². The second-order valence-corrected chi connectivity index (χ2v) is 8.07. The van der Waals surface area contributed by atoms with E-state index >= 15 is 0 Å². The molecule has 2 bridgehead atoms. The van der Waals surface area contributed by atoms with Gasteiger partial charge in [0, 0.05) is 17.5 Å². The lowest BCUT2D eigenvalue weighted by molar-refractivity contribution is -0.113. The van der Waals surface area contributed by atoms with Gasteiger partial charge < -0.3 is 10.3 Å². The zero-order valence-electron chi connectivity index (χ0n) is 14.1. The van der Waals surface area contributed by atoms with Gasteiger partial charge in [-0.1, -0.05) is 20.8 Å². The first kappa shape index (κ1) is 15.6. The number of benzene rings is 1. The van der Waals surface area contributed by atoms with Crippen LogP contribution in [0.15, 0.2) is 18.2 Å². The van der Waals surface area contributed by atoms with Crippen LogP contribution in [0.1, 0.15) is 44.1 Å². The van der Waals surface area contributed by atoms with Crippen molar-refractivity contribution in [2.24, 2.45) is 23.2 Å². The molecule has 0 spiro atoms. The third kappa shape index (κ3) is 2.17. The lowest BCUT2D eigenvalue weighted by Crippen LogP contribution is -2.60. The molecule has 5 rings (SSSR count). The second-order valence-electron chi connectivity index (χ2n) is 8.07. The summed E-state index contributed by atoms with van der Waals surface area (Å²) in [6, 6.07) is 3.63. The third-order valence-corrected chi connectivity index (χ3v) is 6.57. The van der Waals surface area contributed by atoms with E-state index in [2.05, 4.69) is 31.1 Å². The molecule has 2 N–H and O–H groups in total. The fourth-order valence-electron chi connectivity index (χ4n) is 4.87. The van der Waals surface area contributed by atoms with Gasteiger partial charge in [0.1, 0.15) is 17.3 Å². The van der Waals surface area contributed by atoms with E-state index in [4.69, 9.17) is 0 Å². The topological polar surface area (TPSA) is 44.9 Å². The zero-order valence-corrected chi connectivity index (χ0v) is 14.1. The molecular formula is C19H22F2N2O. The molecular weight excluding hydrogens is 310 g/mol. The van der Waals surface area contributed by atoms with Crippen molar-refractivity contribution in [1.82, 2.24) is 10.3 Å². The van der Waals surface area contributed by atoms with Gasteiger partial charge in [-0.05, 0) is 48.1 Å². The maximum Gasteiger partial charge on any atom is 0.267 e. The Bertz CT molecular complexity index is 826. The van der Waals surface area contributed by atoms with E-state index in [1.807, 2.05) is 0 Å². The second kappa shape index (κ2) is 5.04. The predicted molar refractivity (Wildman–Crippen MR) is 88.6 cm³/mol. The number of rotatable bonds is 2. The van der Waals surface area contributed by atoms with Gasteiger partial charge >= 0.3 is 0 Å². The number of aromatic nitrogens is 1. The highest BCUT2D eigenvalue weighted by Crippen LogP contribution is 2.61. The number of aromatic amines is 1. The molecule has 3 nitrogen and oxygen atoms in total. The van der Waals surface area contributed by atoms with Crippen LogP contribution in [0.4, 0.5) is 8.78 Å². The Labute approximate surface area is 139 Å². The molecule has 3 fully saturated rings. The summed E-state index contributed by atoms with van der Waals surface area (Å²) in [7, 11) is 0. The molecule has 4 atom stereocenters. The lowest BCUT2D eigenvalue weighted by Gasteiger charge is -2.62. The van der Waals surface area contributed by atoms with Crippen molar-refractivity contribution in [2.45, 2.75) is 39.7 Å². The minimum atomic E-state index is -0.658. The number of carbonyl (C=O) groups is 1. The maximum atomic E-state index is 13.8. The molecule has 2 aromatic rings. The van der Waals surface area contributed by atoms with E-state index in [9.17, 15) is 13.6 Å². The minimum absolute atomic E-state index is 0.141. The molecule has 1 amide bonds. The summed E-state index contributed by atoms with van der Waals surface area (Å²) in [6.45, 7) is 6.83. The van der Waals surface area contributed by atoms with Crippen LogP contribution in [-0.4, -0.2) is 16.9 Å². The van der Waals surface area contributed by atoms with E-state index in [1.54, 1.807) is 0 Å². The number of nitrogens with one attached hydrogen (secondary N) is 2. The Morgan fingerprint density at radius 3 is 2.67 bits per heavy atom. The summed E-state index contributed by atoms with van der Waals surface area (Å²) in [5.74, 6) is 0.148. The Hall–Kier alpha value is -1.91. The van der Waals surface area contributed by atoms with Gasteiger partial charge in [-0.2, -0.15) is 0 Å². The number of halogens is 2. The van der Waals surface area contributed by atoms with Gasteiger partial charge in [-0.25, -0.2) is 8.78 Å². The first-order valence-corrected chi connectivity index (χ1v) is 8.56. The first-order valence-electron chi connectivity index (χ1n) is 8.56. The fraction of sp³-hybridized carbons (Fsp3) is 0.526. The number of H-pyrrole nitrogens is 1. The number of fused-ring (bicyclic) bond motifs is 3. The van der Waals surface area contributed by atoms with Crippen molar-refractivity contribution in [2.75, 3.05) is 0 Å². The molecule has 1 unspecified atom stereocenters. The smallest absolute Gasteiger partial charge is 0.267 e. The molecule has 3 saturated carbocycles. The summed E-state index contributed by atoms with van der Waals surface area (Å²) >= 11 is 0. The summed E-state index contributed by atoms with van der Waals surface area (Å²) in [4.78, 5) is 15.4. The molecule has 0 radical (unpaired) electrons. The van der Waals surface area contributed by atoms with Crippen LogP contribution in [0.5, 0.6) is 0 Å². The average molecular weight is 332 g/mol.